The zero-order chi connectivity index (χ0) is 21.3. The number of esters is 1. The van der Waals surface area contributed by atoms with Crippen LogP contribution in [-0.4, -0.2) is 39.9 Å². The third kappa shape index (κ3) is 3.69. The highest BCUT2D eigenvalue weighted by atomic mass is 35.5. The molecule has 7 nitrogen and oxygen atoms in total. The lowest BCUT2D eigenvalue weighted by atomic mass is 10.1. The van der Waals surface area contributed by atoms with Crippen molar-refractivity contribution in [1.82, 2.24) is 19.7 Å². The lowest BCUT2D eigenvalue weighted by Crippen LogP contribution is -2.09. The van der Waals surface area contributed by atoms with Gasteiger partial charge >= 0.3 is 5.97 Å². The Balaban J connectivity index is 1.65. The molecule has 0 aliphatic heterocycles. The molecular formula is C21H16ClFN4O3. The molecule has 2 aromatic carbocycles. The number of ether oxygens (including phenoxy) is 2. The van der Waals surface area contributed by atoms with Gasteiger partial charge in [0.25, 0.3) is 0 Å². The number of aromatic nitrogens is 4. The van der Waals surface area contributed by atoms with Gasteiger partial charge < -0.3 is 9.47 Å². The second-order valence-corrected chi connectivity index (χ2v) is 6.86. The van der Waals surface area contributed by atoms with Crippen molar-refractivity contribution in [3.05, 3.63) is 71.0 Å². The Bertz CT molecular complexity index is 1240. The van der Waals surface area contributed by atoms with Gasteiger partial charge in [-0.3, -0.25) is 14.6 Å². The molecule has 2 aromatic heterocycles. The molecule has 152 valence electrons. The van der Waals surface area contributed by atoms with Crippen molar-refractivity contribution >= 4 is 28.5 Å². The van der Waals surface area contributed by atoms with Crippen LogP contribution in [0.5, 0.6) is 5.75 Å². The summed E-state index contributed by atoms with van der Waals surface area (Å²) in [5.41, 5.74) is 2.63. The van der Waals surface area contributed by atoms with Crippen molar-refractivity contribution in [1.29, 1.82) is 0 Å². The van der Waals surface area contributed by atoms with Crippen LogP contribution in [0, 0.1) is 5.82 Å². The summed E-state index contributed by atoms with van der Waals surface area (Å²) in [4.78, 5) is 20.9. The fraction of sp³-hybridized carbons (Fsp3) is 0.143. The van der Waals surface area contributed by atoms with Crippen molar-refractivity contribution in [2.24, 2.45) is 0 Å². The van der Waals surface area contributed by atoms with Crippen molar-refractivity contribution < 1.29 is 18.7 Å². The average Bonchev–Trinajstić information content (AvgIpc) is 3.15. The number of methoxy groups -OCH3 is 2. The molecule has 0 aliphatic rings. The summed E-state index contributed by atoms with van der Waals surface area (Å²) < 4.78 is 25.4. The normalized spacial score (nSPS) is 10.9. The van der Waals surface area contributed by atoms with Crippen LogP contribution >= 0.6 is 11.6 Å². The second kappa shape index (κ2) is 8.08. The fourth-order valence-corrected chi connectivity index (χ4v) is 3.37. The average molecular weight is 427 g/mol. The molecule has 0 saturated heterocycles. The number of hydrogen-bond acceptors (Lipinski definition) is 6. The van der Waals surface area contributed by atoms with Gasteiger partial charge in [0.2, 0.25) is 0 Å². The highest BCUT2D eigenvalue weighted by Crippen LogP contribution is 2.26. The van der Waals surface area contributed by atoms with Gasteiger partial charge in [0.15, 0.2) is 11.6 Å². The number of hydrogen-bond donors (Lipinski definition) is 0. The maximum absolute atomic E-state index is 13.9. The van der Waals surface area contributed by atoms with Gasteiger partial charge in [-0.1, -0.05) is 11.6 Å². The first-order valence-electron chi connectivity index (χ1n) is 8.88. The monoisotopic (exact) mass is 426 g/mol. The molecule has 0 radical (unpaired) electrons. The van der Waals surface area contributed by atoms with Crippen molar-refractivity contribution in [3.8, 4) is 17.0 Å². The van der Waals surface area contributed by atoms with E-state index in [1.165, 1.54) is 26.4 Å². The molecule has 4 rings (SSSR count). The first-order valence-corrected chi connectivity index (χ1v) is 9.26. The van der Waals surface area contributed by atoms with E-state index in [0.717, 1.165) is 0 Å². The van der Waals surface area contributed by atoms with E-state index in [1.807, 2.05) is 0 Å². The van der Waals surface area contributed by atoms with Gasteiger partial charge in [0, 0.05) is 16.0 Å². The van der Waals surface area contributed by atoms with Gasteiger partial charge in [0.05, 0.1) is 61.8 Å². The Morgan fingerprint density at radius 2 is 1.97 bits per heavy atom. The molecule has 0 N–H and O–H groups in total. The van der Waals surface area contributed by atoms with Crippen LogP contribution in [0.3, 0.4) is 0 Å². The third-order valence-electron chi connectivity index (χ3n) is 4.57. The van der Waals surface area contributed by atoms with E-state index in [-0.39, 0.29) is 12.3 Å². The van der Waals surface area contributed by atoms with E-state index in [9.17, 15) is 9.18 Å². The predicted octanol–water partition coefficient (Wildman–Crippen LogP) is 4.13. The number of carbonyl (C=O) groups is 1. The minimum absolute atomic E-state index is 0.162. The van der Waals surface area contributed by atoms with Crippen molar-refractivity contribution in [3.63, 3.8) is 0 Å². The van der Waals surface area contributed by atoms with E-state index >= 15 is 0 Å². The van der Waals surface area contributed by atoms with Gasteiger partial charge in [-0.2, -0.15) is 5.10 Å². The van der Waals surface area contributed by atoms with Crippen molar-refractivity contribution in [2.45, 2.75) is 6.54 Å². The van der Waals surface area contributed by atoms with Crippen LogP contribution < -0.4 is 4.74 Å². The summed E-state index contributed by atoms with van der Waals surface area (Å²) in [6, 6.07) is 7.85. The van der Waals surface area contributed by atoms with Crippen LogP contribution in [-0.2, 0) is 11.3 Å². The summed E-state index contributed by atoms with van der Waals surface area (Å²) >= 11 is 6.10. The van der Waals surface area contributed by atoms with Crippen LogP contribution in [0.25, 0.3) is 22.2 Å². The lowest BCUT2D eigenvalue weighted by Gasteiger charge is -2.08. The van der Waals surface area contributed by atoms with E-state index in [4.69, 9.17) is 21.1 Å². The quantitative estimate of drug-likeness (QED) is 0.446. The zero-order valence-corrected chi connectivity index (χ0v) is 16.9. The molecule has 0 bridgehead atoms. The molecule has 0 spiro atoms. The number of halogens is 2. The first-order chi connectivity index (χ1) is 14.5. The Morgan fingerprint density at radius 1 is 1.13 bits per heavy atom. The molecule has 0 amide bonds. The van der Waals surface area contributed by atoms with Crippen LogP contribution in [0.2, 0.25) is 5.02 Å². The van der Waals surface area contributed by atoms with E-state index < -0.39 is 11.8 Å². The Labute approximate surface area is 176 Å². The summed E-state index contributed by atoms with van der Waals surface area (Å²) in [6.45, 7) is 0.277. The van der Waals surface area contributed by atoms with Crippen LogP contribution in [0.1, 0.15) is 16.1 Å². The summed E-state index contributed by atoms with van der Waals surface area (Å²) in [6.07, 6.45) is 4.76. The standard InChI is InChI=1S/C21H16ClFN4O3/c1-29-19-4-3-12(6-17(19)23)18-10-24-15(9-25-18)11-27-20-13(8-26-27)5-14(22)7-16(20)21(28)30-2/h3-10H,11H2,1-2H3. The maximum atomic E-state index is 13.9. The highest BCUT2D eigenvalue weighted by molar-refractivity contribution is 6.32. The number of nitrogens with zero attached hydrogens (tertiary/aromatic N) is 4. The Kier molecular flexibility index (Phi) is 5.33. The van der Waals surface area contributed by atoms with Gasteiger partial charge in [-0.15, -0.1) is 0 Å². The third-order valence-corrected chi connectivity index (χ3v) is 4.79. The van der Waals surface area contributed by atoms with Gasteiger partial charge in [-0.25, -0.2) is 9.18 Å². The fourth-order valence-electron chi connectivity index (χ4n) is 3.15. The SMILES string of the molecule is COC(=O)c1cc(Cl)cc2cnn(Cc3cnc(-c4ccc(OC)c(F)c4)cn3)c12. The molecule has 0 unspecified atom stereocenters. The van der Waals surface area contributed by atoms with E-state index in [0.29, 0.717) is 38.4 Å². The molecule has 2 heterocycles. The molecule has 9 heteroatoms. The topological polar surface area (TPSA) is 79.1 Å². The number of fused-ring (bicyclic) bond motifs is 1. The number of carbonyl (C=O) groups excluding carboxylic acids is 1. The molecule has 0 atom stereocenters. The van der Waals surface area contributed by atoms with Gasteiger partial charge in [-0.05, 0) is 30.3 Å². The predicted molar refractivity (Wildman–Crippen MR) is 109 cm³/mol. The van der Waals surface area contributed by atoms with Crippen molar-refractivity contribution in [2.75, 3.05) is 14.2 Å². The second-order valence-electron chi connectivity index (χ2n) is 6.43. The molecule has 4 aromatic rings. The molecule has 0 saturated carbocycles. The largest absolute Gasteiger partial charge is 0.494 e. The lowest BCUT2D eigenvalue weighted by molar-refractivity contribution is 0.0602. The molecular weight excluding hydrogens is 411 g/mol. The van der Waals surface area contributed by atoms with Gasteiger partial charge in [0.1, 0.15) is 0 Å². The zero-order valence-electron chi connectivity index (χ0n) is 16.1. The van der Waals surface area contributed by atoms with E-state index in [1.54, 1.807) is 41.5 Å². The number of rotatable bonds is 5. The van der Waals surface area contributed by atoms with Crippen LogP contribution in [0.4, 0.5) is 4.39 Å². The summed E-state index contributed by atoms with van der Waals surface area (Å²) in [5, 5.41) is 5.46. The highest BCUT2D eigenvalue weighted by Gasteiger charge is 2.17. The minimum atomic E-state index is -0.507. The molecule has 30 heavy (non-hydrogen) atoms. The summed E-state index contributed by atoms with van der Waals surface area (Å²) in [7, 11) is 2.72. The minimum Gasteiger partial charge on any atom is -0.494 e. The van der Waals surface area contributed by atoms with E-state index in [2.05, 4.69) is 15.1 Å². The molecule has 0 fully saturated rings. The first kappa shape index (κ1) is 19.8. The maximum Gasteiger partial charge on any atom is 0.340 e. The molecule has 0 aliphatic carbocycles. The Morgan fingerprint density at radius 3 is 2.63 bits per heavy atom. The van der Waals surface area contributed by atoms with Crippen LogP contribution in [0.15, 0.2) is 48.9 Å². The summed E-state index contributed by atoms with van der Waals surface area (Å²) in [5.74, 6) is -0.819. The Hall–Kier alpha value is -3.52. The smallest absolute Gasteiger partial charge is 0.340 e. The number of benzene rings is 2.